The molecule has 2 aromatic carbocycles. The van der Waals surface area contributed by atoms with Gasteiger partial charge < -0.3 is 10.1 Å². The van der Waals surface area contributed by atoms with E-state index in [0.717, 1.165) is 16.9 Å². The Kier molecular flexibility index (Phi) is 5.65. The maximum Gasteiger partial charge on any atom is 0.165 e. The summed E-state index contributed by atoms with van der Waals surface area (Å²) >= 11 is 1.81. The molecule has 2 aromatic rings. The number of hydrogen-bond acceptors (Lipinski definition) is 3. The SMILES string of the molecule is CCSc1ccc(C(NC)c2ccc(OC)c(F)c2)cc1. The number of nitrogens with one attached hydrogen (secondary N) is 1. The van der Waals surface area contributed by atoms with Gasteiger partial charge in [0.05, 0.1) is 13.2 Å². The van der Waals surface area contributed by atoms with Crippen molar-refractivity contribution >= 4 is 11.8 Å². The summed E-state index contributed by atoms with van der Waals surface area (Å²) in [7, 11) is 3.35. The van der Waals surface area contributed by atoms with Crippen molar-refractivity contribution in [3.8, 4) is 5.75 Å². The van der Waals surface area contributed by atoms with E-state index in [1.165, 1.54) is 18.1 Å². The molecule has 0 amide bonds. The summed E-state index contributed by atoms with van der Waals surface area (Å²) in [6, 6.07) is 13.4. The lowest BCUT2D eigenvalue weighted by atomic mass is 9.98. The van der Waals surface area contributed by atoms with Crippen LogP contribution in [0.25, 0.3) is 0 Å². The predicted octanol–water partition coefficient (Wildman–Crippen LogP) is 4.26. The van der Waals surface area contributed by atoms with Crippen LogP contribution in [0.1, 0.15) is 24.1 Å². The number of methoxy groups -OCH3 is 1. The van der Waals surface area contributed by atoms with Crippen molar-refractivity contribution < 1.29 is 9.13 Å². The van der Waals surface area contributed by atoms with Crippen LogP contribution in [-0.2, 0) is 0 Å². The van der Waals surface area contributed by atoms with E-state index in [0.29, 0.717) is 0 Å². The Bertz CT molecular complexity index is 586. The molecule has 2 nitrogen and oxygen atoms in total. The molecule has 0 saturated heterocycles. The highest BCUT2D eigenvalue weighted by molar-refractivity contribution is 7.99. The lowest BCUT2D eigenvalue weighted by molar-refractivity contribution is 0.386. The lowest BCUT2D eigenvalue weighted by Crippen LogP contribution is -2.17. The number of ether oxygens (including phenoxy) is 1. The highest BCUT2D eigenvalue weighted by Gasteiger charge is 2.14. The summed E-state index contributed by atoms with van der Waals surface area (Å²) in [5, 5.41) is 3.24. The summed E-state index contributed by atoms with van der Waals surface area (Å²) in [6.07, 6.45) is 0. The topological polar surface area (TPSA) is 21.3 Å². The molecule has 2 rings (SSSR count). The van der Waals surface area contributed by atoms with Crippen LogP contribution in [0.15, 0.2) is 47.4 Å². The van der Waals surface area contributed by atoms with E-state index >= 15 is 0 Å². The fourth-order valence-electron chi connectivity index (χ4n) is 2.31. The zero-order valence-corrected chi connectivity index (χ0v) is 13.3. The van der Waals surface area contributed by atoms with Crippen molar-refractivity contribution in [3.05, 3.63) is 59.4 Å². The molecule has 0 aliphatic heterocycles. The van der Waals surface area contributed by atoms with Crippen LogP contribution in [0.5, 0.6) is 5.75 Å². The van der Waals surface area contributed by atoms with Crippen LogP contribution >= 0.6 is 11.8 Å². The summed E-state index contributed by atoms with van der Waals surface area (Å²) in [6.45, 7) is 2.13. The first kappa shape index (κ1) is 15.9. The van der Waals surface area contributed by atoms with Gasteiger partial charge in [-0.15, -0.1) is 11.8 Å². The first-order valence-corrected chi connectivity index (χ1v) is 7.91. The second-order valence-corrected chi connectivity index (χ2v) is 5.96. The molecular formula is C17H20FNOS. The van der Waals surface area contributed by atoms with Gasteiger partial charge in [-0.1, -0.05) is 25.1 Å². The second-order valence-electron chi connectivity index (χ2n) is 4.62. The number of benzene rings is 2. The van der Waals surface area contributed by atoms with Crippen LogP contribution in [0, 0.1) is 5.82 Å². The van der Waals surface area contributed by atoms with Gasteiger partial charge in [0.1, 0.15) is 0 Å². The Morgan fingerprint density at radius 2 is 1.81 bits per heavy atom. The van der Waals surface area contributed by atoms with Gasteiger partial charge in [-0.2, -0.15) is 0 Å². The average molecular weight is 305 g/mol. The molecule has 0 spiro atoms. The van der Waals surface area contributed by atoms with Gasteiger partial charge in [0, 0.05) is 4.90 Å². The van der Waals surface area contributed by atoms with Crippen molar-refractivity contribution in [2.24, 2.45) is 0 Å². The van der Waals surface area contributed by atoms with Gasteiger partial charge in [-0.25, -0.2) is 4.39 Å². The van der Waals surface area contributed by atoms with E-state index in [-0.39, 0.29) is 17.6 Å². The summed E-state index contributed by atoms with van der Waals surface area (Å²) in [5.74, 6) is 0.982. The van der Waals surface area contributed by atoms with Crippen LogP contribution in [0.4, 0.5) is 4.39 Å². The predicted molar refractivity (Wildman–Crippen MR) is 86.7 cm³/mol. The molecule has 1 N–H and O–H groups in total. The Hall–Kier alpha value is -1.52. The lowest BCUT2D eigenvalue weighted by Gasteiger charge is -2.18. The zero-order valence-electron chi connectivity index (χ0n) is 12.5. The molecule has 0 saturated carbocycles. The highest BCUT2D eigenvalue weighted by Crippen LogP contribution is 2.27. The third kappa shape index (κ3) is 3.77. The van der Waals surface area contributed by atoms with Gasteiger partial charge in [0.25, 0.3) is 0 Å². The van der Waals surface area contributed by atoms with Gasteiger partial charge in [0.15, 0.2) is 11.6 Å². The number of hydrogen-bond donors (Lipinski definition) is 1. The normalized spacial score (nSPS) is 12.2. The highest BCUT2D eigenvalue weighted by atomic mass is 32.2. The Labute approximate surface area is 129 Å². The van der Waals surface area contributed by atoms with Gasteiger partial charge in [-0.05, 0) is 48.2 Å². The number of halogens is 1. The Morgan fingerprint density at radius 1 is 1.14 bits per heavy atom. The number of thioether (sulfide) groups is 1. The quantitative estimate of drug-likeness (QED) is 0.806. The third-order valence-corrected chi connectivity index (χ3v) is 4.22. The Morgan fingerprint density at radius 3 is 2.33 bits per heavy atom. The fraction of sp³-hybridized carbons (Fsp3) is 0.294. The van der Waals surface area contributed by atoms with E-state index in [9.17, 15) is 4.39 Å². The van der Waals surface area contributed by atoms with Gasteiger partial charge in [-0.3, -0.25) is 0 Å². The van der Waals surface area contributed by atoms with Crippen molar-refractivity contribution in [1.29, 1.82) is 0 Å². The van der Waals surface area contributed by atoms with Gasteiger partial charge >= 0.3 is 0 Å². The summed E-state index contributed by atoms with van der Waals surface area (Å²) < 4.78 is 18.8. The molecule has 21 heavy (non-hydrogen) atoms. The molecule has 1 atom stereocenters. The molecule has 4 heteroatoms. The molecule has 112 valence electrons. The maximum atomic E-state index is 13.9. The van der Waals surface area contributed by atoms with E-state index in [1.54, 1.807) is 6.07 Å². The molecule has 0 heterocycles. The molecule has 0 fully saturated rings. The van der Waals surface area contributed by atoms with Crippen LogP contribution in [0.3, 0.4) is 0 Å². The molecule has 0 bridgehead atoms. The summed E-state index contributed by atoms with van der Waals surface area (Å²) in [4.78, 5) is 1.25. The van der Waals surface area contributed by atoms with Crippen molar-refractivity contribution in [1.82, 2.24) is 5.32 Å². The standard InChI is InChI=1S/C17H20FNOS/c1-4-21-14-8-5-12(6-9-14)17(19-2)13-7-10-16(20-3)15(18)11-13/h5-11,17,19H,4H2,1-3H3. The van der Waals surface area contributed by atoms with Gasteiger partial charge in [0.2, 0.25) is 0 Å². The van der Waals surface area contributed by atoms with Crippen LogP contribution in [-0.4, -0.2) is 19.9 Å². The van der Waals surface area contributed by atoms with Crippen molar-refractivity contribution in [2.45, 2.75) is 17.9 Å². The monoisotopic (exact) mass is 305 g/mol. The maximum absolute atomic E-state index is 13.9. The minimum atomic E-state index is -0.339. The van der Waals surface area contributed by atoms with E-state index in [1.807, 2.05) is 24.9 Å². The minimum absolute atomic E-state index is 0.0360. The van der Waals surface area contributed by atoms with E-state index in [2.05, 4.69) is 36.5 Å². The Balaban J connectivity index is 2.28. The van der Waals surface area contributed by atoms with Crippen LogP contribution < -0.4 is 10.1 Å². The fourth-order valence-corrected chi connectivity index (χ4v) is 2.97. The van der Waals surface area contributed by atoms with Crippen molar-refractivity contribution in [2.75, 3.05) is 19.9 Å². The molecular weight excluding hydrogens is 285 g/mol. The zero-order chi connectivity index (χ0) is 15.2. The van der Waals surface area contributed by atoms with E-state index in [4.69, 9.17) is 4.74 Å². The summed E-state index contributed by atoms with van der Waals surface area (Å²) in [5.41, 5.74) is 1.99. The van der Waals surface area contributed by atoms with Crippen molar-refractivity contribution in [3.63, 3.8) is 0 Å². The molecule has 1 unspecified atom stereocenters. The molecule has 0 aliphatic rings. The molecule has 0 radical (unpaired) electrons. The smallest absolute Gasteiger partial charge is 0.165 e. The minimum Gasteiger partial charge on any atom is -0.494 e. The first-order valence-electron chi connectivity index (χ1n) is 6.93. The first-order chi connectivity index (χ1) is 10.2. The largest absolute Gasteiger partial charge is 0.494 e. The average Bonchev–Trinajstić information content (AvgIpc) is 2.50. The number of rotatable bonds is 6. The molecule has 0 aliphatic carbocycles. The van der Waals surface area contributed by atoms with Crippen LogP contribution in [0.2, 0.25) is 0 Å². The molecule has 0 aromatic heterocycles. The van der Waals surface area contributed by atoms with E-state index < -0.39 is 0 Å². The third-order valence-electron chi connectivity index (χ3n) is 3.32. The second kappa shape index (κ2) is 7.48.